The van der Waals surface area contributed by atoms with Crippen molar-refractivity contribution in [2.45, 2.75) is 18.8 Å². The van der Waals surface area contributed by atoms with Crippen LogP contribution >= 0.6 is 23.2 Å². The predicted molar refractivity (Wildman–Crippen MR) is 104 cm³/mol. The van der Waals surface area contributed by atoms with E-state index >= 15 is 0 Å². The Hall–Kier alpha value is -2.43. The van der Waals surface area contributed by atoms with E-state index in [0.717, 1.165) is 11.3 Å². The van der Waals surface area contributed by atoms with Crippen molar-refractivity contribution in [1.82, 2.24) is 9.97 Å². The number of halogens is 2. The largest absolute Gasteiger partial charge is 0.324 e. The Bertz CT molecular complexity index is 956. The molecule has 4 nitrogen and oxygen atoms in total. The van der Waals surface area contributed by atoms with E-state index in [4.69, 9.17) is 23.2 Å². The number of benzene rings is 2. The van der Waals surface area contributed by atoms with Crippen molar-refractivity contribution in [2.24, 2.45) is 0 Å². The summed E-state index contributed by atoms with van der Waals surface area (Å²) < 4.78 is 0. The van der Waals surface area contributed by atoms with Crippen molar-refractivity contribution in [3.8, 4) is 0 Å². The van der Waals surface area contributed by atoms with Gasteiger partial charge in [-0.25, -0.2) is 9.97 Å². The van der Waals surface area contributed by atoms with Crippen molar-refractivity contribution < 1.29 is 4.79 Å². The number of aromatic nitrogens is 2. The van der Waals surface area contributed by atoms with Gasteiger partial charge < -0.3 is 5.32 Å². The standard InChI is InChI=1S/C20H15Cl2N3O/c21-14-8-15(22)10-16(9-14)24-20-23-11-17-18(25-20)6-13(7-19(17)26)12-4-2-1-3-5-12/h1-5,8-11,13H,6-7H2,(H,23,24,25)/t13-/m1/s1. The molecular weight excluding hydrogens is 369 g/mol. The zero-order valence-electron chi connectivity index (χ0n) is 13.7. The molecule has 1 aliphatic rings. The van der Waals surface area contributed by atoms with Crippen molar-refractivity contribution in [1.29, 1.82) is 0 Å². The lowest BCUT2D eigenvalue weighted by molar-refractivity contribution is 0.0962. The molecule has 0 radical (unpaired) electrons. The Labute approximate surface area is 161 Å². The van der Waals surface area contributed by atoms with Crippen molar-refractivity contribution in [2.75, 3.05) is 5.32 Å². The molecule has 6 heteroatoms. The zero-order chi connectivity index (χ0) is 18.1. The summed E-state index contributed by atoms with van der Waals surface area (Å²) in [5, 5.41) is 4.15. The quantitative estimate of drug-likeness (QED) is 0.653. The van der Waals surface area contributed by atoms with Crippen LogP contribution in [0.15, 0.2) is 54.7 Å². The normalized spacial score (nSPS) is 16.2. The highest BCUT2D eigenvalue weighted by Crippen LogP contribution is 2.32. The van der Waals surface area contributed by atoms with Crippen LogP contribution in [-0.2, 0) is 6.42 Å². The lowest BCUT2D eigenvalue weighted by atomic mass is 9.82. The second-order valence-electron chi connectivity index (χ2n) is 6.28. The molecule has 3 aromatic rings. The fourth-order valence-corrected chi connectivity index (χ4v) is 3.75. The molecule has 0 bridgehead atoms. The van der Waals surface area contributed by atoms with Crippen LogP contribution in [0.4, 0.5) is 11.6 Å². The summed E-state index contributed by atoms with van der Waals surface area (Å²) in [6.45, 7) is 0. The summed E-state index contributed by atoms with van der Waals surface area (Å²) in [4.78, 5) is 21.3. The molecule has 0 unspecified atom stereocenters. The van der Waals surface area contributed by atoms with Crippen molar-refractivity contribution in [3.63, 3.8) is 0 Å². The number of anilines is 2. The van der Waals surface area contributed by atoms with E-state index in [1.807, 2.05) is 18.2 Å². The van der Waals surface area contributed by atoms with E-state index in [1.165, 1.54) is 0 Å². The smallest absolute Gasteiger partial charge is 0.227 e. The number of hydrogen-bond acceptors (Lipinski definition) is 4. The summed E-state index contributed by atoms with van der Waals surface area (Å²) >= 11 is 12.1. The van der Waals surface area contributed by atoms with Gasteiger partial charge in [0.15, 0.2) is 5.78 Å². The molecule has 0 saturated carbocycles. The Morgan fingerprint density at radius 2 is 1.73 bits per heavy atom. The average molecular weight is 384 g/mol. The molecule has 1 atom stereocenters. The fourth-order valence-electron chi connectivity index (χ4n) is 3.22. The van der Waals surface area contributed by atoms with Gasteiger partial charge in [-0.2, -0.15) is 0 Å². The van der Waals surface area contributed by atoms with Gasteiger partial charge in [0.2, 0.25) is 5.95 Å². The Morgan fingerprint density at radius 1 is 1.00 bits per heavy atom. The lowest BCUT2D eigenvalue weighted by Crippen LogP contribution is -2.21. The Morgan fingerprint density at radius 3 is 2.46 bits per heavy atom. The minimum absolute atomic E-state index is 0.0810. The first-order chi connectivity index (χ1) is 12.6. The van der Waals surface area contributed by atoms with Crippen LogP contribution in [0.25, 0.3) is 0 Å². The first kappa shape index (κ1) is 17.0. The molecule has 0 saturated heterocycles. The van der Waals surface area contributed by atoms with Gasteiger partial charge in [0.1, 0.15) is 0 Å². The first-order valence-electron chi connectivity index (χ1n) is 8.25. The minimum atomic E-state index is 0.0810. The van der Waals surface area contributed by atoms with Crippen LogP contribution < -0.4 is 5.32 Å². The van der Waals surface area contributed by atoms with Gasteiger partial charge in [-0.15, -0.1) is 0 Å². The molecule has 1 N–H and O–H groups in total. The molecule has 1 aliphatic carbocycles. The number of fused-ring (bicyclic) bond motifs is 1. The minimum Gasteiger partial charge on any atom is -0.324 e. The van der Waals surface area contributed by atoms with Gasteiger partial charge in [-0.05, 0) is 36.1 Å². The number of nitrogens with zero attached hydrogens (tertiary/aromatic N) is 2. The van der Waals surface area contributed by atoms with Crippen LogP contribution in [0.3, 0.4) is 0 Å². The molecule has 2 aromatic carbocycles. The summed E-state index contributed by atoms with van der Waals surface area (Å²) in [7, 11) is 0. The molecule has 1 heterocycles. The molecule has 130 valence electrons. The number of carbonyl (C=O) groups excluding carboxylic acids is 1. The van der Waals surface area contributed by atoms with Crippen molar-refractivity contribution >= 4 is 40.6 Å². The maximum absolute atomic E-state index is 12.5. The molecule has 0 spiro atoms. The maximum atomic E-state index is 12.5. The highest BCUT2D eigenvalue weighted by Gasteiger charge is 2.28. The molecule has 26 heavy (non-hydrogen) atoms. The second-order valence-corrected chi connectivity index (χ2v) is 7.15. The van der Waals surface area contributed by atoms with Gasteiger partial charge in [0.05, 0.1) is 11.3 Å². The van der Waals surface area contributed by atoms with Gasteiger partial charge in [-0.1, -0.05) is 53.5 Å². The van der Waals surface area contributed by atoms with E-state index < -0.39 is 0 Å². The summed E-state index contributed by atoms with van der Waals surface area (Å²) in [5.41, 5.74) is 3.22. The molecule has 4 rings (SSSR count). The monoisotopic (exact) mass is 383 g/mol. The third kappa shape index (κ3) is 3.57. The number of Topliss-reactive ketones (excluding diaryl/α,β-unsaturated/α-hetero) is 1. The number of nitrogens with one attached hydrogen (secondary N) is 1. The van der Waals surface area contributed by atoms with Crippen molar-refractivity contribution in [3.05, 3.63) is 81.6 Å². The topological polar surface area (TPSA) is 54.9 Å². The van der Waals surface area contributed by atoms with Gasteiger partial charge in [0.25, 0.3) is 0 Å². The number of carbonyl (C=O) groups is 1. The van der Waals surface area contributed by atoms with Crippen LogP contribution in [0.5, 0.6) is 0 Å². The number of rotatable bonds is 3. The number of hydrogen-bond donors (Lipinski definition) is 1. The molecular formula is C20H15Cl2N3O. The lowest BCUT2D eigenvalue weighted by Gasteiger charge is -2.23. The van der Waals surface area contributed by atoms with Crippen LogP contribution in [-0.4, -0.2) is 15.8 Å². The predicted octanol–water partition coefficient (Wildman–Crippen LogP) is 5.44. The van der Waals surface area contributed by atoms with Crippen LogP contribution in [0.1, 0.15) is 34.0 Å². The summed E-state index contributed by atoms with van der Waals surface area (Å²) in [6, 6.07) is 15.2. The average Bonchev–Trinajstić information content (AvgIpc) is 2.61. The maximum Gasteiger partial charge on any atom is 0.227 e. The van der Waals surface area contributed by atoms with E-state index in [9.17, 15) is 4.79 Å². The second kappa shape index (κ2) is 7.06. The molecule has 0 amide bonds. The van der Waals surface area contributed by atoms with E-state index in [-0.39, 0.29) is 11.7 Å². The van der Waals surface area contributed by atoms with Crippen LogP contribution in [0.2, 0.25) is 10.0 Å². The zero-order valence-corrected chi connectivity index (χ0v) is 15.3. The molecule has 0 fully saturated rings. The summed E-state index contributed by atoms with van der Waals surface area (Å²) in [6.07, 6.45) is 2.79. The third-order valence-electron chi connectivity index (χ3n) is 4.43. The Balaban J connectivity index is 1.62. The van der Waals surface area contributed by atoms with E-state index in [1.54, 1.807) is 24.4 Å². The molecule has 0 aliphatic heterocycles. The molecule has 1 aromatic heterocycles. The van der Waals surface area contributed by atoms with Crippen LogP contribution in [0, 0.1) is 0 Å². The third-order valence-corrected chi connectivity index (χ3v) is 4.87. The highest BCUT2D eigenvalue weighted by molar-refractivity contribution is 6.35. The van der Waals surface area contributed by atoms with E-state index in [0.29, 0.717) is 40.1 Å². The van der Waals surface area contributed by atoms with E-state index in [2.05, 4.69) is 27.4 Å². The van der Waals surface area contributed by atoms with Gasteiger partial charge in [-0.3, -0.25) is 4.79 Å². The Kier molecular flexibility index (Phi) is 4.62. The summed E-state index contributed by atoms with van der Waals surface area (Å²) in [5.74, 6) is 0.639. The fraction of sp³-hybridized carbons (Fsp3) is 0.150. The first-order valence-corrected chi connectivity index (χ1v) is 9.01. The SMILES string of the molecule is O=C1C[C@H](c2ccccc2)Cc2nc(Nc3cc(Cl)cc(Cl)c3)ncc21. The van der Waals surface area contributed by atoms with Gasteiger partial charge in [0, 0.05) is 28.4 Å². The highest BCUT2D eigenvalue weighted by atomic mass is 35.5. The number of ketones is 1. The van der Waals surface area contributed by atoms with Gasteiger partial charge >= 0.3 is 0 Å².